The molecule has 1 fully saturated rings. The molecule has 0 aliphatic heterocycles. The number of imidazole rings is 1. The molecular formula is C21H26N3O2Si. The van der Waals surface area contributed by atoms with Gasteiger partial charge in [-0.3, -0.25) is 9.20 Å². The van der Waals surface area contributed by atoms with E-state index in [4.69, 9.17) is 4.74 Å². The summed E-state index contributed by atoms with van der Waals surface area (Å²) in [6.07, 6.45) is 10.2. The van der Waals surface area contributed by atoms with E-state index in [2.05, 4.69) is 36.7 Å². The van der Waals surface area contributed by atoms with E-state index in [0.29, 0.717) is 5.52 Å². The Hall–Kier alpha value is -2.34. The maximum absolute atomic E-state index is 12.4. The number of aryl methyl sites for hydroxylation is 1. The zero-order chi connectivity index (χ0) is 19.0. The third-order valence-electron chi connectivity index (χ3n) is 5.63. The van der Waals surface area contributed by atoms with Crippen molar-refractivity contribution in [2.24, 2.45) is 7.05 Å². The van der Waals surface area contributed by atoms with Gasteiger partial charge in [-0.05, 0) is 31.7 Å². The third kappa shape index (κ3) is 3.34. The van der Waals surface area contributed by atoms with Gasteiger partial charge in [-0.1, -0.05) is 36.8 Å². The van der Waals surface area contributed by atoms with Crippen molar-refractivity contribution in [3.05, 3.63) is 47.3 Å². The highest BCUT2D eigenvalue weighted by molar-refractivity contribution is 6.72. The normalized spacial score (nSPS) is 15.1. The largest absolute Gasteiger partial charge is 0.490 e. The van der Waals surface area contributed by atoms with E-state index in [1.165, 1.54) is 24.1 Å². The molecular weight excluding hydrogens is 354 g/mol. The van der Waals surface area contributed by atoms with Crippen LogP contribution in [0.5, 0.6) is 5.75 Å². The predicted octanol–water partition coefficient (Wildman–Crippen LogP) is 3.37. The minimum atomic E-state index is -0.585. The smallest absolute Gasteiger partial charge is 0.276 e. The number of nitrogens with zero attached hydrogens (tertiary/aromatic N) is 3. The summed E-state index contributed by atoms with van der Waals surface area (Å²) >= 11 is 0. The van der Waals surface area contributed by atoms with Gasteiger partial charge in [-0.15, -0.1) is 0 Å². The molecule has 2 heterocycles. The van der Waals surface area contributed by atoms with Crippen LogP contribution in [0.2, 0.25) is 12.6 Å². The number of ether oxygens (including phenoxy) is 1. The molecule has 0 saturated heterocycles. The van der Waals surface area contributed by atoms with Crippen LogP contribution in [0.3, 0.4) is 0 Å². The van der Waals surface area contributed by atoms with Crippen molar-refractivity contribution in [2.75, 3.05) is 0 Å². The zero-order valence-corrected chi connectivity index (χ0v) is 17.2. The van der Waals surface area contributed by atoms with Crippen LogP contribution in [0.15, 0.2) is 41.7 Å². The van der Waals surface area contributed by atoms with Gasteiger partial charge in [0.25, 0.3) is 5.56 Å². The molecule has 1 radical (unpaired) electrons. The van der Waals surface area contributed by atoms with E-state index in [-0.39, 0.29) is 11.7 Å². The summed E-state index contributed by atoms with van der Waals surface area (Å²) in [7, 11) is 1.21. The van der Waals surface area contributed by atoms with Crippen LogP contribution in [0.1, 0.15) is 32.6 Å². The molecule has 3 aromatic rings. The lowest BCUT2D eigenvalue weighted by atomic mass is 10.1. The van der Waals surface area contributed by atoms with E-state index in [0.717, 1.165) is 29.8 Å². The van der Waals surface area contributed by atoms with Crippen molar-refractivity contribution in [3.8, 4) is 17.0 Å². The molecule has 1 saturated carbocycles. The van der Waals surface area contributed by atoms with Gasteiger partial charge < -0.3 is 9.30 Å². The Labute approximate surface area is 161 Å². The summed E-state index contributed by atoms with van der Waals surface area (Å²) in [5, 5.41) is 1.39. The molecule has 0 spiro atoms. The Bertz CT molecular complexity index is 1020. The second kappa shape index (κ2) is 7.35. The summed E-state index contributed by atoms with van der Waals surface area (Å²) < 4.78 is 9.94. The predicted molar refractivity (Wildman–Crippen MR) is 110 cm³/mol. The second-order valence-electron chi connectivity index (χ2n) is 7.45. The fraction of sp³-hybridized carbons (Fsp3) is 0.429. The first-order chi connectivity index (χ1) is 13.1. The quantitative estimate of drug-likeness (QED) is 0.638. The van der Waals surface area contributed by atoms with Gasteiger partial charge in [0.2, 0.25) is 0 Å². The average Bonchev–Trinajstić information content (AvgIpc) is 3.36. The summed E-state index contributed by atoms with van der Waals surface area (Å²) in [5.74, 6) is 0.908. The molecule has 4 rings (SSSR count). The van der Waals surface area contributed by atoms with Crippen LogP contribution in [0, 0.1) is 0 Å². The first-order valence-corrected chi connectivity index (χ1v) is 11.9. The highest BCUT2D eigenvalue weighted by Gasteiger charge is 2.21. The van der Waals surface area contributed by atoms with E-state index in [1.807, 2.05) is 10.6 Å². The van der Waals surface area contributed by atoms with Gasteiger partial charge in [-0.25, -0.2) is 4.98 Å². The minimum absolute atomic E-state index is 0.0422. The Morgan fingerprint density at radius 1 is 1.30 bits per heavy atom. The van der Waals surface area contributed by atoms with Crippen LogP contribution < -0.4 is 15.5 Å². The Balaban J connectivity index is 1.90. The van der Waals surface area contributed by atoms with Crippen LogP contribution in [-0.2, 0) is 7.05 Å². The standard InChI is InChI=1S/C21H26N3O2Si/c1-4-27(3)16-9-10-20(26-15-7-5-6-8-15)17(11-16)19-13-23(2)21(25)18-12-22-14-24(18)19/h9-15H,4-8H2,1-3H3. The van der Waals surface area contributed by atoms with Gasteiger partial charge in [0.15, 0.2) is 0 Å². The SMILES string of the molecule is CC[Si](C)c1ccc(OC2CCCC2)c(-c2cn(C)c(=O)c3cncn23)c1. The molecule has 0 bridgehead atoms. The lowest BCUT2D eigenvalue weighted by molar-refractivity contribution is 0.211. The summed E-state index contributed by atoms with van der Waals surface area (Å²) in [6, 6.07) is 7.79. The first-order valence-electron chi connectivity index (χ1n) is 9.74. The van der Waals surface area contributed by atoms with E-state index in [1.54, 1.807) is 24.1 Å². The molecule has 2 aromatic heterocycles. The van der Waals surface area contributed by atoms with Crippen LogP contribution >= 0.6 is 0 Å². The molecule has 1 aliphatic rings. The highest BCUT2D eigenvalue weighted by atomic mass is 28.3. The van der Waals surface area contributed by atoms with Gasteiger partial charge in [0, 0.05) is 18.8 Å². The minimum Gasteiger partial charge on any atom is -0.490 e. The molecule has 5 nitrogen and oxygen atoms in total. The van der Waals surface area contributed by atoms with Gasteiger partial charge in [0.1, 0.15) is 11.3 Å². The Morgan fingerprint density at radius 2 is 2.07 bits per heavy atom. The summed E-state index contributed by atoms with van der Waals surface area (Å²) in [5.41, 5.74) is 2.55. The maximum Gasteiger partial charge on any atom is 0.276 e. The molecule has 0 unspecified atom stereocenters. The summed E-state index contributed by atoms with van der Waals surface area (Å²) in [6.45, 7) is 4.59. The maximum atomic E-state index is 12.4. The van der Waals surface area contributed by atoms with Gasteiger partial charge >= 0.3 is 0 Å². The number of hydrogen-bond acceptors (Lipinski definition) is 3. The molecule has 1 aromatic carbocycles. The van der Waals surface area contributed by atoms with E-state index < -0.39 is 8.80 Å². The first kappa shape index (κ1) is 18.0. The number of benzene rings is 1. The molecule has 0 N–H and O–H groups in total. The molecule has 141 valence electrons. The number of fused-ring (bicyclic) bond motifs is 1. The Morgan fingerprint density at radius 3 is 2.81 bits per heavy atom. The Kier molecular flexibility index (Phi) is 4.91. The number of rotatable bonds is 5. The van der Waals surface area contributed by atoms with Gasteiger partial charge in [0.05, 0.1) is 33.1 Å². The fourth-order valence-corrected chi connectivity index (χ4v) is 4.98. The molecule has 1 aliphatic carbocycles. The van der Waals surface area contributed by atoms with Crippen molar-refractivity contribution in [2.45, 2.75) is 51.3 Å². The van der Waals surface area contributed by atoms with Crippen LogP contribution in [0.25, 0.3) is 16.8 Å². The molecule has 27 heavy (non-hydrogen) atoms. The molecule has 0 atom stereocenters. The topological polar surface area (TPSA) is 48.5 Å². The second-order valence-corrected chi connectivity index (χ2v) is 10.3. The number of aromatic nitrogens is 3. The number of hydrogen-bond donors (Lipinski definition) is 0. The van der Waals surface area contributed by atoms with Crippen molar-refractivity contribution in [3.63, 3.8) is 0 Å². The lowest BCUT2D eigenvalue weighted by Gasteiger charge is -2.20. The third-order valence-corrected chi connectivity index (χ3v) is 7.99. The molecule has 0 amide bonds. The van der Waals surface area contributed by atoms with Crippen molar-refractivity contribution < 1.29 is 4.74 Å². The lowest BCUT2D eigenvalue weighted by Crippen LogP contribution is -2.26. The van der Waals surface area contributed by atoms with Crippen molar-refractivity contribution >= 4 is 19.5 Å². The zero-order valence-electron chi connectivity index (χ0n) is 16.2. The summed E-state index contributed by atoms with van der Waals surface area (Å²) in [4.78, 5) is 16.6. The highest BCUT2D eigenvalue weighted by Crippen LogP contribution is 2.32. The molecule has 6 heteroatoms. The van der Waals surface area contributed by atoms with Crippen LogP contribution in [-0.4, -0.2) is 28.9 Å². The monoisotopic (exact) mass is 380 g/mol. The van der Waals surface area contributed by atoms with E-state index >= 15 is 0 Å². The van der Waals surface area contributed by atoms with Crippen LogP contribution in [0.4, 0.5) is 0 Å². The van der Waals surface area contributed by atoms with Crippen molar-refractivity contribution in [1.29, 1.82) is 0 Å². The van der Waals surface area contributed by atoms with E-state index in [9.17, 15) is 4.79 Å². The van der Waals surface area contributed by atoms with Gasteiger partial charge in [-0.2, -0.15) is 0 Å². The van der Waals surface area contributed by atoms with Crippen molar-refractivity contribution in [1.82, 2.24) is 14.0 Å². The average molecular weight is 381 g/mol. The fourth-order valence-electron chi connectivity index (χ4n) is 3.82.